The van der Waals surface area contributed by atoms with Crippen molar-refractivity contribution >= 4 is 33.3 Å². The van der Waals surface area contributed by atoms with Crippen LogP contribution in [0, 0.1) is 5.92 Å². The molecule has 0 saturated carbocycles. The van der Waals surface area contributed by atoms with Crippen LogP contribution in [-0.2, 0) is 19.6 Å². The van der Waals surface area contributed by atoms with Gasteiger partial charge in [-0.15, -0.1) is 0 Å². The SMILES string of the molecule is CCOC(=O)C1CCN(c2ccc(C(=O)O)cc2NS(=O)(=O)c2ccc(C(C)C)cc2)CC1. The molecule has 2 aromatic carbocycles. The highest BCUT2D eigenvalue weighted by atomic mass is 32.2. The Bertz CT molecular complexity index is 1100. The van der Waals surface area contributed by atoms with Crippen LogP contribution >= 0.6 is 0 Å². The average Bonchev–Trinajstić information content (AvgIpc) is 2.79. The van der Waals surface area contributed by atoms with Crippen molar-refractivity contribution in [3.05, 3.63) is 53.6 Å². The highest BCUT2D eigenvalue weighted by Gasteiger charge is 2.28. The maximum absolute atomic E-state index is 13.1. The summed E-state index contributed by atoms with van der Waals surface area (Å²) in [5, 5.41) is 9.41. The largest absolute Gasteiger partial charge is 0.478 e. The lowest BCUT2D eigenvalue weighted by atomic mass is 9.96. The number of carboxylic acid groups (broad SMARTS) is 1. The van der Waals surface area contributed by atoms with E-state index in [2.05, 4.69) is 4.72 Å². The van der Waals surface area contributed by atoms with Crippen LogP contribution in [-0.4, -0.2) is 45.2 Å². The summed E-state index contributed by atoms with van der Waals surface area (Å²) in [6, 6.07) is 11.0. The van der Waals surface area contributed by atoms with Gasteiger partial charge < -0.3 is 14.7 Å². The Hall–Kier alpha value is -3.07. The van der Waals surface area contributed by atoms with Crippen LogP contribution in [0.5, 0.6) is 0 Å². The van der Waals surface area contributed by atoms with Crippen molar-refractivity contribution in [2.75, 3.05) is 29.3 Å². The monoisotopic (exact) mass is 474 g/mol. The Morgan fingerprint density at radius 1 is 1.12 bits per heavy atom. The normalized spacial score (nSPS) is 14.8. The number of piperidine rings is 1. The number of benzene rings is 2. The molecule has 9 heteroatoms. The first-order chi connectivity index (χ1) is 15.6. The molecular weight excluding hydrogens is 444 g/mol. The topological polar surface area (TPSA) is 113 Å². The number of rotatable bonds is 8. The van der Waals surface area contributed by atoms with Gasteiger partial charge >= 0.3 is 11.9 Å². The smallest absolute Gasteiger partial charge is 0.335 e. The number of carboxylic acids is 1. The quantitative estimate of drug-likeness (QED) is 0.554. The molecule has 0 atom stereocenters. The molecule has 0 radical (unpaired) electrons. The summed E-state index contributed by atoms with van der Waals surface area (Å²) in [6.07, 6.45) is 1.14. The summed E-state index contributed by atoms with van der Waals surface area (Å²) in [4.78, 5) is 25.6. The van der Waals surface area contributed by atoms with E-state index in [1.54, 1.807) is 37.3 Å². The third kappa shape index (κ3) is 5.84. The molecule has 0 unspecified atom stereocenters. The number of sulfonamides is 1. The molecule has 8 nitrogen and oxygen atoms in total. The molecule has 1 heterocycles. The zero-order valence-electron chi connectivity index (χ0n) is 19.1. The minimum absolute atomic E-state index is 0.0204. The zero-order chi connectivity index (χ0) is 24.2. The molecule has 178 valence electrons. The van der Waals surface area contributed by atoms with E-state index in [-0.39, 0.29) is 34.0 Å². The summed E-state index contributed by atoms with van der Waals surface area (Å²) < 4.78 is 33.8. The molecule has 0 aromatic heterocycles. The first-order valence-electron chi connectivity index (χ1n) is 11.0. The first kappa shape index (κ1) is 24.6. The third-order valence-electron chi connectivity index (χ3n) is 5.80. The molecule has 0 amide bonds. The lowest BCUT2D eigenvalue weighted by Gasteiger charge is -2.34. The maximum Gasteiger partial charge on any atom is 0.335 e. The van der Waals surface area contributed by atoms with E-state index in [4.69, 9.17) is 4.74 Å². The van der Waals surface area contributed by atoms with Gasteiger partial charge in [-0.25, -0.2) is 13.2 Å². The molecule has 33 heavy (non-hydrogen) atoms. The maximum atomic E-state index is 13.1. The van der Waals surface area contributed by atoms with Crippen LogP contribution in [0.2, 0.25) is 0 Å². The predicted octanol–water partition coefficient (Wildman–Crippen LogP) is 4.09. The fourth-order valence-corrected chi connectivity index (χ4v) is 4.94. The molecule has 0 aliphatic carbocycles. The van der Waals surface area contributed by atoms with Crippen molar-refractivity contribution in [1.82, 2.24) is 0 Å². The number of nitrogens with zero attached hydrogens (tertiary/aromatic N) is 1. The van der Waals surface area contributed by atoms with E-state index in [9.17, 15) is 23.1 Å². The minimum Gasteiger partial charge on any atom is -0.478 e. The van der Waals surface area contributed by atoms with Gasteiger partial charge in [0.1, 0.15) is 0 Å². The Labute approximate surface area is 194 Å². The number of carbonyl (C=O) groups excluding carboxylic acids is 1. The van der Waals surface area contributed by atoms with Crippen molar-refractivity contribution in [1.29, 1.82) is 0 Å². The van der Waals surface area contributed by atoms with Gasteiger partial charge in [-0.05, 0) is 61.6 Å². The Morgan fingerprint density at radius 2 is 1.76 bits per heavy atom. The van der Waals surface area contributed by atoms with Crippen LogP contribution < -0.4 is 9.62 Å². The molecule has 1 fully saturated rings. The number of carbonyl (C=O) groups is 2. The van der Waals surface area contributed by atoms with Gasteiger partial charge in [0.2, 0.25) is 0 Å². The zero-order valence-corrected chi connectivity index (χ0v) is 19.9. The van der Waals surface area contributed by atoms with E-state index in [0.29, 0.717) is 38.2 Å². The minimum atomic E-state index is -3.93. The number of esters is 1. The van der Waals surface area contributed by atoms with Gasteiger partial charge in [0, 0.05) is 13.1 Å². The number of ether oxygens (including phenoxy) is 1. The molecule has 1 aliphatic heterocycles. The Morgan fingerprint density at radius 3 is 2.30 bits per heavy atom. The van der Waals surface area contributed by atoms with Crippen LogP contribution in [0.25, 0.3) is 0 Å². The molecule has 1 aliphatic rings. The lowest BCUT2D eigenvalue weighted by Crippen LogP contribution is -2.37. The molecule has 1 saturated heterocycles. The lowest BCUT2D eigenvalue weighted by molar-refractivity contribution is -0.148. The van der Waals surface area contributed by atoms with E-state index in [1.165, 1.54) is 12.1 Å². The molecule has 0 spiro atoms. The molecule has 2 N–H and O–H groups in total. The van der Waals surface area contributed by atoms with Gasteiger partial charge in [0.05, 0.1) is 34.4 Å². The second-order valence-electron chi connectivity index (χ2n) is 8.38. The third-order valence-corrected chi connectivity index (χ3v) is 7.18. The van der Waals surface area contributed by atoms with E-state index >= 15 is 0 Å². The van der Waals surface area contributed by atoms with Crippen molar-refractivity contribution < 1.29 is 27.9 Å². The van der Waals surface area contributed by atoms with Crippen LogP contribution in [0.1, 0.15) is 55.5 Å². The first-order valence-corrected chi connectivity index (χ1v) is 12.5. The van der Waals surface area contributed by atoms with Crippen molar-refractivity contribution in [3.63, 3.8) is 0 Å². The Balaban J connectivity index is 1.87. The average molecular weight is 475 g/mol. The van der Waals surface area contributed by atoms with E-state index < -0.39 is 16.0 Å². The summed E-state index contributed by atoms with van der Waals surface area (Å²) in [7, 11) is -3.93. The van der Waals surface area contributed by atoms with Crippen LogP contribution in [0.4, 0.5) is 11.4 Å². The van der Waals surface area contributed by atoms with Gasteiger partial charge in [-0.3, -0.25) is 9.52 Å². The highest BCUT2D eigenvalue weighted by Crippen LogP contribution is 2.33. The molecular formula is C24H30N2O6S. The summed E-state index contributed by atoms with van der Waals surface area (Å²) in [6.45, 7) is 7.19. The van der Waals surface area contributed by atoms with Crippen molar-refractivity contribution in [3.8, 4) is 0 Å². The Kier molecular flexibility index (Phi) is 7.63. The van der Waals surface area contributed by atoms with E-state index in [0.717, 1.165) is 5.56 Å². The van der Waals surface area contributed by atoms with Gasteiger partial charge in [-0.1, -0.05) is 26.0 Å². The second kappa shape index (κ2) is 10.2. The van der Waals surface area contributed by atoms with Gasteiger partial charge in [-0.2, -0.15) is 0 Å². The summed E-state index contributed by atoms with van der Waals surface area (Å²) in [5.74, 6) is -1.29. The number of hydrogen-bond acceptors (Lipinski definition) is 6. The molecule has 2 aromatic rings. The summed E-state index contributed by atoms with van der Waals surface area (Å²) in [5.41, 5.74) is 1.77. The fraction of sp³-hybridized carbons (Fsp3) is 0.417. The fourth-order valence-electron chi connectivity index (χ4n) is 3.88. The molecule has 0 bridgehead atoms. The predicted molar refractivity (Wildman–Crippen MR) is 126 cm³/mol. The molecule has 3 rings (SSSR count). The highest BCUT2D eigenvalue weighted by molar-refractivity contribution is 7.92. The van der Waals surface area contributed by atoms with Crippen molar-refractivity contribution in [2.45, 2.75) is 44.4 Å². The van der Waals surface area contributed by atoms with Crippen LogP contribution in [0.15, 0.2) is 47.4 Å². The standard InChI is InChI=1S/C24H30N2O6S/c1-4-32-24(29)18-11-13-26(14-12-18)22-10-7-19(23(27)28)15-21(22)25-33(30,31)20-8-5-17(6-9-20)16(2)3/h5-10,15-16,18,25H,4,11-14H2,1-3H3,(H,27,28). The van der Waals surface area contributed by atoms with Crippen molar-refractivity contribution in [2.24, 2.45) is 5.92 Å². The number of hydrogen-bond donors (Lipinski definition) is 2. The van der Waals surface area contributed by atoms with E-state index in [1.807, 2.05) is 18.7 Å². The van der Waals surface area contributed by atoms with Crippen LogP contribution in [0.3, 0.4) is 0 Å². The van der Waals surface area contributed by atoms with Gasteiger partial charge in [0.25, 0.3) is 10.0 Å². The van der Waals surface area contributed by atoms with Gasteiger partial charge in [0.15, 0.2) is 0 Å². The number of aromatic carboxylic acids is 1. The summed E-state index contributed by atoms with van der Waals surface area (Å²) >= 11 is 0. The number of anilines is 2. The second-order valence-corrected chi connectivity index (χ2v) is 10.1. The number of nitrogens with one attached hydrogen (secondary N) is 1.